The third-order valence-corrected chi connectivity index (χ3v) is 1.34. The number of hydrogen-bond donors (Lipinski definition) is 0. The Morgan fingerprint density at radius 3 is 2.55 bits per heavy atom. The SMILES string of the molecule is CCn1cncc1C(F)(F)F. The summed E-state index contributed by atoms with van der Waals surface area (Å²) < 4.78 is 37.1. The van der Waals surface area contributed by atoms with E-state index in [0.717, 1.165) is 10.8 Å². The van der Waals surface area contributed by atoms with Crippen LogP contribution in [0.4, 0.5) is 13.2 Å². The maximum absolute atomic E-state index is 12.0. The molecule has 1 heterocycles. The minimum atomic E-state index is -4.29. The Hall–Kier alpha value is -1.00. The van der Waals surface area contributed by atoms with Gasteiger partial charge in [0, 0.05) is 6.54 Å². The van der Waals surface area contributed by atoms with Crippen LogP contribution in [0.2, 0.25) is 0 Å². The summed E-state index contributed by atoms with van der Waals surface area (Å²) in [5.74, 6) is 0. The van der Waals surface area contributed by atoms with Gasteiger partial charge in [-0.3, -0.25) is 0 Å². The molecule has 1 aromatic heterocycles. The van der Waals surface area contributed by atoms with Crippen molar-refractivity contribution < 1.29 is 13.2 Å². The van der Waals surface area contributed by atoms with Crippen molar-refractivity contribution in [3.8, 4) is 0 Å². The van der Waals surface area contributed by atoms with Crippen molar-refractivity contribution in [1.82, 2.24) is 9.55 Å². The van der Waals surface area contributed by atoms with E-state index < -0.39 is 11.9 Å². The van der Waals surface area contributed by atoms with Crippen LogP contribution in [0.25, 0.3) is 0 Å². The molecule has 0 atom stereocenters. The summed E-state index contributed by atoms with van der Waals surface area (Å²) in [5, 5.41) is 0. The van der Waals surface area contributed by atoms with E-state index >= 15 is 0 Å². The van der Waals surface area contributed by atoms with Crippen LogP contribution in [0, 0.1) is 0 Å². The standard InChI is InChI=1S/C6H7F3N2/c1-2-11-4-10-3-5(11)6(7,8)9/h3-4H,2H2,1H3. The van der Waals surface area contributed by atoms with Crippen LogP contribution in [0.5, 0.6) is 0 Å². The molecule has 0 aromatic carbocycles. The zero-order chi connectivity index (χ0) is 8.48. The highest BCUT2D eigenvalue weighted by atomic mass is 19.4. The molecular formula is C6H7F3N2. The van der Waals surface area contributed by atoms with Gasteiger partial charge >= 0.3 is 6.18 Å². The van der Waals surface area contributed by atoms with Crippen LogP contribution in [-0.2, 0) is 12.7 Å². The van der Waals surface area contributed by atoms with Gasteiger partial charge in [-0.25, -0.2) is 4.98 Å². The van der Waals surface area contributed by atoms with Crippen molar-refractivity contribution in [1.29, 1.82) is 0 Å². The molecule has 5 heteroatoms. The molecule has 0 bridgehead atoms. The number of halogens is 3. The molecule has 0 aliphatic heterocycles. The highest BCUT2D eigenvalue weighted by molar-refractivity contribution is 5.02. The van der Waals surface area contributed by atoms with Gasteiger partial charge in [-0.15, -0.1) is 0 Å². The molecule has 11 heavy (non-hydrogen) atoms. The van der Waals surface area contributed by atoms with Crippen LogP contribution in [-0.4, -0.2) is 9.55 Å². The molecule has 0 aliphatic carbocycles. The van der Waals surface area contributed by atoms with E-state index in [1.54, 1.807) is 6.92 Å². The molecule has 0 radical (unpaired) electrons. The number of aryl methyl sites for hydroxylation is 1. The van der Waals surface area contributed by atoms with E-state index in [-0.39, 0.29) is 6.54 Å². The largest absolute Gasteiger partial charge is 0.432 e. The summed E-state index contributed by atoms with van der Waals surface area (Å²) >= 11 is 0. The normalized spacial score (nSPS) is 12.0. The Bertz CT molecular complexity index is 238. The number of nitrogens with zero attached hydrogens (tertiary/aromatic N) is 2. The fourth-order valence-corrected chi connectivity index (χ4v) is 0.809. The predicted octanol–water partition coefficient (Wildman–Crippen LogP) is 1.92. The number of alkyl halides is 3. The summed E-state index contributed by atoms with van der Waals surface area (Å²) in [6.07, 6.45) is -2.29. The van der Waals surface area contributed by atoms with Gasteiger partial charge in [0.15, 0.2) is 0 Å². The number of aromatic nitrogens is 2. The first-order valence-electron chi connectivity index (χ1n) is 3.13. The van der Waals surface area contributed by atoms with Gasteiger partial charge in [-0.05, 0) is 6.92 Å². The average molecular weight is 164 g/mol. The van der Waals surface area contributed by atoms with Crippen LogP contribution in [0.1, 0.15) is 12.6 Å². The highest BCUT2D eigenvalue weighted by Crippen LogP contribution is 2.28. The number of rotatable bonds is 1. The molecule has 1 rings (SSSR count). The van der Waals surface area contributed by atoms with E-state index in [4.69, 9.17) is 0 Å². The van der Waals surface area contributed by atoms with Crippen LogP contribution in [0.15, 0.2) is 12.5 Å². The topological polar surface area (TPSA) is 17.8 Å². The minimum absolute atomic E-state index is 0.287. The lowest BCUT2D eigenvalue weighted by Crippen LogP contribution is -2.11. The Kier molecular flexibility index (Phi) is 1.89. The van der Waals surface area contributed by atoms with Gasteiger partial charge in [0.05, 0.1) is 12.5 Å². The first-order chi connectivity index (χ1) is 5.05. The Morgan fingerprint density at radius 1 is 1.55 bits per heavy atom. The number of hydrogen-bond acceptors (Lipinski definition) is 1. The van der Waals surface area contributed by atoms with E-state index in [9.17, 15) is 13.2 Å². The second-order valence-corrected chi connectivity index (χ2v) is 2.06. The first-order valence-corrected chi connectivity index (χ1v) is 3.13. The van der Waals surface area contributed by atoms with Gasteiger partial charge in [-0.2, -0.15) is 13.2 Å². The lowest BCUT2D eigenvalue weighted by atomic mass is 10.4. The van der Waals surface area contributed by atoms with Crippen LogP contribution in [0.3, 0.4) is 0 Å². The zero-order valence-corrected chi connectivity index (χ0v) is 5.89. The smallest absolute Gasteiger partial charge is 0.327 e. The summed E-state index contributed by atoms with van der Waals surface area (Å²) in [4.78, 5) is 3.40. The molecule has 1 aromatic rings. The fourth-order valence-electron chi connectivity index (χ4n) is 0.809. The zero-order valence-electron chi connectivity index (χ0n) is 5.89. The lowest BCUT2D eigenvalue weighted by Gasteiger charge is -2.07. The number of imidazole rings is 1. The highest BCUT2D eigenvalue weighted by Gasteiger charge is 2.33. The predicted molar refractivity (Wildman–Crippen MR) is 32.9 cm³/mol. The molecule has 0 saturated heterocycles. The van der Waals surface area contributed by atoms with Crippen molar-refractivity contribution in [2.75, 3.05) is 0 Å². The lowest BCUT2D eigenvalue weighted by molar-refractivity contribution is -0.143. The van der Waals surface area contributed by atoms with Gasteiger partial charge in [0.1, 0.15) is 5.69 Å². The van der Waals surface area contributed by atoms with Gasteiger partial charge in [-0.1, -0.05) is 0 Å². The van der Waals surface area contributed by atoms with Gasteiger partial charge < -0.3 is 4.57 Å². The van der Waals surface area contributed by atoms with E-state index in [1.165, 1.54) is 6.33 Å². The van der Waals surface area contributed by atoms with Crippen LogP contribution >= 0.6 is 0 Å². The monoisotopic (exact) mass is 164 g/mol. The third kappa shape index (κ3) is 1.53. The second-order valence-electron chi connectivity index (χ2n) is 2.06. The Labute approximate surface area is 61.7 Å². The molecule has 0 unspecified atom stereocenters. The summed E-state index contributed by atoms with van der Waals surface area (Å²) in [7, 11) is 0. The molecule has 0 spiro atoms. The van der Waals surface area contributed by atoms with Crippen LogP contribution < -0.4 is 0 Å². The Balaban J connectivity index is 3.02. The fraction of sp³-hybridized carbons (Fsp3) is 0.500. The Morgan fingerprint density at radius 2 is 2.18 bits per heavy atom. The maximum atomic E-state index is 12.0. The van der Waals surface area contributed by atoms with Crippen molar-refractivity contribution in [3.05, 3.63) is 18.2 Å². The molecule has 0 amide bonds. The van der Waals surface area contributed by atoms with Crippen molar-refractivity contribution in [3.63, 3.8) is 0 Å². The molecule has 0 saturated carbocycles. The van der Waals surface area contributed by atoms with Crippen molar-refractivity contribution in [2.45, 2.75) is 19.6 Å². The van der Waals surface area contributed by atoms with Gasteiger partial charge in [0.25, 0.3) is 0 Å². The first kappa shape index (κ1) is 8.10. The molecule has 0 fully saturated rings. The third-order valence-electron chi connectivity index (χ3n) is 1.34. The molecule has 62 valence electrons. The summed E-state index contributed by atoms with van der Waals surface area (Å²) in [6.45, 7) is 1.92. The van der Waals surface area contributed by atoms with Crippen molar-refractivity contribution in [2.24, 2.45) is 0 Å². The molecule has 2 nitrogen and oxygen atoms in total. The van der Waals surface area contributed by atoms with E-state index in [0.29, 0.717) is 0 Å². The molecule has 0 N–H and O–H groups in total. The minimum Gasteiger partial charge on any atom is -0.327 e. The summed E-state index contributed by atoms with van der Waals surface area (Å²) in [6, 6.07) is 0. The van der Waals surface area contributed by atoms with Gasteiger partial charge in [0.2, 0.25) is 0 Å². The molecule has 0 aliphatic rings. The second kappa shape index (κ2) is 2.56. The summed E-state index contributed by atoms with van der Waals surface area (Å²) in [5.41, 5.74) is -0.694. The van der Waals surface area contributed by atoms with E-state index in [2.05, 4.69) is 4.98 Å². The van der Waals surface area contributed by atoms with Crippen molar-refractivity contribution >= 4 is 0 Å². The quantitative estimate of drug-likeness (QED) is 0.620. The maximum Gasteiger partial charge on any atom is 0.432 e. The average Bonchev–Trinajstić information content (AvgIpc) is 2.31. The molecular weight excluding hydrogens is 157 g/mol. The van der Waals surface area contributed by atoms with E-state index in [1.807, 2.05) is 0 Å².